The van der Waals surface area contributed by atoms with E-state index in [9.17, 15) is 4.39 Å². The Kier molecular flexibility index (Phi) is 4.40. The van der Waals surface area contributed by atoms with Gasteiger partial charge in [0.25, 0.3) is 0 Å². The molecule has 0 amide bonds. The molecule has 0 bridgehead atoms. The van der Waals surface area contributed by atoms with Crippen molar-refractivity contribution >= 4 is 11.6 Å². The lowest BCUT2D eigenvalue weighted by molar-refractivity contribution is 0.435. The first kappa shape index (κ1) is 13.8. The third-order valence-electron chi connectivity index (χ3n) is 2.85. The Morgan fingerprint density at radius 3 is 2.58 bits per heavy atom. The van der Waals surface area contributed by atoms with Crippen LogP contribution < -0.4 is 10.5 Å². The summed E-state index contributed by atoms with van der Waals surface area (Å²) in [5, 5.41) is 0.580. The van der Waals surface area contributed by atoms with Gasteiger partial charge in [-0.05, 0) is 43.7 Å². The van der Waals surface area contributed by atoms with Gasteiger partial charge in [-0.25, -0.2) is 4.39 Å². The SMILES string of the molecule is Cc1cccc(Oc2cccc(Cl)c2CCN)c1F. The fourth-order valence-electron chi connectivity index (χ4n) is 1.84. The molecule has 0 radical (unpaired) electrons. The molecule has 0 aliphatic rings. The third-order valence-corrected chi connectivity index (χ3v) is 3.20. The summed E-state index contributed by atoms with van der Waals surface area (Å²) in [6, 6.07) is 10.3. The molecule has 0 saturated carbocycles. The van der Waals surface area contributed by atoms with E-state index in [1.54, 1.807) is 43.3 Å². The van der Waals surface area contributed by atoms with Gasteiger partial charge in [-0.2, -0.15) is 0 Å². The second-order valence-corrected chi connectivity index (χ2v) is 4.65. The number of hydrogen-bond acceptors (Lipinski definition) is 2. The van der Waals surface area contributed by atoms with E-state index in [0.717, 1.165) is 5.56 Å². The van der Waals surface area contributed by atoms with Crippen molar-refractivity contribution in [3.63, 3.8) is 0 Å². The monoisotopic (exact) mass is 279 g/mol. The van der Waals surface area contributed by atoms with Crippen molar-refractivity contribution in [2.75, 3.05) is 6.54 Å². The van der Waals surface area contributed by atoms with Crippen molar-refractivity contribution in [1.82, 2.24) is 0 Å². The van der Waals surface area contributed by atoms with Gasteiger partial charge in [-0.15, -0.1) is 0 Å². The van der Waals surface area contributed by atoms with Gasteiger partial charge in [-0.1, -0.05) is 29.8 Å². The number of nitrogens with two attached hydrogens (primary N) is 1. The summed E-state index contributed by atoms with van der Waals surface area (Å²) < 4.78 is 19.6. The molecule has 0 unspecified atom stereocenters. The Bertz CT molecular complexity index is 586. The van der Waals surface area contributed by atoms with Gasteiger partial charge < -0.3 is 10.5 Å². The fraction of sp³-hybridized carbons (Fsp3) is 0.200. The molecule has 0 aliphatic carbocycles. The molecule has 2 aromatic rings. The standard InChI is InChI=1S/C15H15ClFNO/c1-10-4-2-7-14(15(10)17)19-13-6-3-5-12(16)11(13)8-9-18/h2-7H,8-9,18H2,1H3. The Labute approximate surface area is 117 Å². The summed E-state index contributed by atoms with van der Waals surface area (Å²) in [7, 11) is 0. The predicted molar refractivity (Wildman–Crippen MR) is 75.4 cm³/mol. The van der Waals surface area contributed by atoms with Crippen LogP contribution in [0.5, 0.6) is 11.5 Å². The zero-order chi connectivity index (χ0) is 13.8. The van der Waals surface area contributed by atoms with Gasteiger partial charge in [0.2, 0.25) is 0 Å². The maximum atomic E-state index is 13.9. The normalized spacial score (nSPS) is 10.5. The molecule has 2 nitrogen and oxygen atoms in total. The topological polar surface area (TPSA) is 35.2 Å². The molecule has 4 heteroatoms. The van der Waals surface area contributed by atoms with E-state index in [1.165, 1.54) is 0 Å². The summed E-state index contributed by atoms with van der Waals surface area (Å²) in [5.41, 5.74) is 6.90. The highest BCUT2D eigenvalue weighted by molar-refractivity contribution is 6.31. The van der Waals surface area contributed by atoms with E-state index in [2.05, 4.69) is 0 Å². The highest BCUT2D eigenvalue weighted by Crippen LogP contribution is 2.32. The zero-order valence-electron chi connectivity index (χ0n) is 10.6. The number of aryl methyl sites for hydroxylation is 1. The lowest BCUT2D eigenvalue weighted by Gasteiger charge is -2.13. The lowest BCUT2D eigenvalue weighted by atomic mass is 10.1. The molecule has 0 saturated heterocycles. The summed E-state index contributed by atoms with van der Waals surface area (Å²) in [4.78, 5) is 0. The van der Waals surface area contributed by atoms with Crippen LogP contribution in [0.3, 0.4) is 0 Å². The number of hydrogen-bond donors (Lipinski definition) is 1. The van der Waals surface area contributed by atoms with E-state index in [-0.39, 0.29) is 11.6 Å². The van der Waals surface area contributed by atoms with Crippen LogP contribution >= 0.6 is 11.6 Å². The van der Waals surface area contributed by atoms with Crippen molar-refractivity contribution in [3.05, 3.63) is 58.4 Å². The maximum absolute atomic E-state index is 13.9. The number of rotatable bonds is 4. The van der Waals surface area contributed by atoms with Crippen molar-refractivity contribution in [1.29, 1.82) is 0 Å². The van der Waals surface area contributed by atoms with Crippen LogP contribution in [-0.2, 0) is 6.42 Å². The average molecular weight is 280 g/mol. The minimum Gasteiger partial charge on any atom is -0.454 e. The molecule has 0 aromatic heterocycles. The largest absolute Gasteiger partial charge is 0.454 e. The van der Waals surface area contributed by atoms with Crippen LogP contribution in [0.25, 0.3) is 0 Å². The average Bonchev–Trinajstić information content (AvgIpc) is 2.39. The molecule has 2 N–H and O–H groups in total. The molecular formula is C15H15ClFNO. The molecular weight excluding hydrogens is 265 g/mol. The smallest absolute Gasteiger partial charge is 0.168 e. The second kappa shape index (κ2) is 6.04. The van der Waals surface area contributed by atoms with Gasteiger partial charge in [-0.3, -0.25) is 0 Å². The van der Waals surface area contributed by atoms with E-state index < -0.39 is 0 Å². The summed E-state index contributed by atoms with van der Waals surface area (Å²) in [6.07, 6.45) is 0.586. The van der Waals surface area contributed by atoms with E-state index >= 15 is 0 Å². The Morgan fingerprint density at radius 1 is 1.16 bits per heavy atom. The van der Waals surface area contributed by atoms with Gasteiger partial charge in [0.1, 0.15) is 5.75 Å². The molecule has 0 fully saturated rings. The van der Waals surface area contributed by atoms with Gasteiger partial charge in [0.15, 0.2) is 11.6 Å². The Hall–Kier alpha value is -1.58. The van der Waals surface area contributed by atoms with Gasteiger partial charge in [0, 0.05) is 10.6 Å². The molecule has 2 aromatic carbocycles. The second-order valence-electron chi connectivity index (χ2n) is 4.24. The van der Waals surface area contributed by atoms with Crippen LogP contribution in [0.15, 0.2) is 36.4 Å². The van der Waals surface area contributed by atoms with Crippen molar-refractivity contribution < 1.29 is 9.13 Å². The first-order valence-corrected chi connectivity index (χ1v) is 6.41. The summed E-state index contributed by atoms with van der Waals surface area (Å²) >= 11 is 6.12. The molecule has 0 heterocycles. The Morgan fingerprint density at radius 2 is 1.84 bits per heavy atom. The molecule has 19 heavy (non-hydrogen) atoms. The summed E-state index contributed by atoms with van der Waals surface area (Å²) in [6.45, 7) is 2.15. The molecule has 0 aliphatic heterocycles. The number of benzene rings is 2. The van der Waals surface area contributed by atoms with Crippen molar-refractivity contribution in [3.8, 4) is 11.5 Å². The third kappa shape index (κ3) is 3.06. The van der Waals surface area contributed by atoms with Crippen LogP contribution in [-0.4, -0.2) is 6.54 Å². The van der Waals surface area contributed by atoms with Crippen molar-refractivity contribution in [2.24, 2.45) is 5.73 Å². The number of ether oxygens (including phenoxy) is 1. The molecule has 0 atom stereocenters. The Balaban J connectivity index is 2.38. The quantitative estimate of drug-likeness (QED) is 0.915. The predicted octanol–water partition coefficient (Wildman–Crippen LogP) is 4.08. The van der Waals surface area contributed by atoms with Crippen LogP contribution in [0.4, 0.5) is 4.39 Å². The molecule has 0 spiro atoms. The fourth-order valence-corrected chi connectivity index (χ4v) is 2.10. The highest BCUT2D eigenvalue weighted by Gasteiger charge is 2.12. The van der Waals surface area contributed by atoms with Gasteiger partial charge in [0.05, 0.1) is 0 Å². The minimum absolute atomic E-state index is 0.195. The van der Waals surface area contributed by atoms with Crippen molar-refractivity contribution in [2.45, 2.75) is 13.3 Å². The number of halogens is 2. The van der Waals surface area contributed by atoms with Crippen LogP contribution in [0, 0.1) is 12.7 Å². The maximum Gasteiger partial charge on any atom is 0.168 e. The van der Waals surface area contributed by atoms with E-state index in [0.29, 0.717) is 29.3 Å². The first-order chi connectivity index (χ1) is 9.13. The van der Waals surface area contributed by atoms with E-state index in [1.807, 2.05) is 0 Å². The van der Waals surface area contributed by atoms with Gasteiger partial charge >= 0.3 is 0 Å². The van der Waals surface area contributed by atoms with Crippen LogP contribution in [0.1, 0.15) is 11.1 Å². The first-order valence-electron chi connectivity index (χ1n) is 6.04. The minimum atomic E-state index is -0.360. The summed E-state index contributed by atoms with van der Waals surface area (Å²) in [5.74, 6) is 0.379. The molecule has 100 valence electrons. The lowest BCUT2D eigenvalue weighted by Crippen LogP contribution is -2.05. The highest BCUT2D eigenvalue weighted by atomic mass is 35.5. The zero-order valence-corrected chi connectivity index (χ0v) is 11.4. The van der Waals surface area contributed by atoms with Crippen LogP contribution in [0.2, 0.25) is 5.02 Å². The van der Waals surface area contributed by atoms with E-state index in [4.69, 9.17) is 22.1 Å². The molecule has 2 rings (SSSR count).